The largest absolute Gasteiger partial charge is 0.363 e. The third-order valence-electron chi connectivity index (χ3n) is 19.8. The second-order valence-electron chi connectivity index (χ2n) is 26.8. The Labute approximate surface area is 568 Å². The minimum Gasteiger partial charge on any atom is -0.363 e. The SMILES string of the molecule is C[C@@H]1Cc2ncnc(N3CCCN(S(C)(=O)=O)CC3)c2CN1c1ccnc2c1C=CC2.C[C@@H]1Cc2ncnc(N3CCN(S(C)(=O)=O)C(C)(C)C3)c2CN1c1cc(Cl)nc2c1C=CC2.C[C@@H]1Cc2ncnc(N3CCN(S(C)(=O)=O)CC3)c2CN1c1cc(Cl)nc2c1C=CC2. The van der Waals surface area contributed by atoms with Crippen molar-refractivity contribution in [1.29, 1.82) is 0 Å². The van der Waals surface area contributed by atoms with Crippen molar-refractivity contribution >= 4 is 106 Å². The second kappa shape index (κ2) is 26.5. The van der Waals surface area contributed by atoms with Crippen molar-refractivity contribution in [1.82, 2.24) is 57.8 Å². The number of piperazine rings is 2. The lowest BCUT2D eigenvalue weighted by Crippen LogP contribution is -2.61. The zero-order valence-corrected chi connectivity index (χ0v) is 59.0. The van der Waals surface area contributed by atoms with E-state index < -0.39 is 35.6 Å². The topological polar surface area (TPSA) is 248 Å². The maximum Gasteiger partial charge on any atom is 0.211 e. The molecule has 0 radical (unpaired) electrons. The van der Waals surface area contributed by atoms with Gasteiger partial charge in [-0.05, 0) is 59.2 Å². The Hall–Kier alpha value is -6.98. The van der Waals surface area contributed by atoms with Crippen LogP contribution < -0.4 is 29.4 Å². The molecular formula is C66H82Cl2N18O6S3. The number of pyridine rings is 3. The smallest absolute Gasteiger partial charge is 0.211 e. The van der Waals surface area contributed by atoms with Crippen LogP contribution in [0, 0.1) is 0 Å². The number of hydrogen-bond donors (Lipinski definition) is 0. The molecule has 504 valence electrons. The molecule has 0 N–H and O–H groups in total. The molecule has 6 aliphatic heterocycles. The Bertz CT molecular complexity index is 4420. The van der Waals surface area contributed by atoms with E-state index in [1.54, 1.807) is 27.6 Å². The van der Waals surface area contributed by atoms with Crippen molar-refractivity contribution < 1.29 is 25.3 Å². The average molecular weight is 1390 g/mol. The van der Waals surface area contributed by atoms with Gasteiger partial charge in [0.25, 0.3) is 0 Å². The predicted molar refractivity (Wildman–Crippen MR) is 375 cm³/mol. The summed E-state index contributed by atoms with van der Waals surface area (Å²) in [5, 5.41) is 1.02. The Morgan fingerprint density at radius 1 is 0.453 bits per heavy atom. The Morgan fingerprint density at radius 3 is 1.29 bits per heavy atom. The van der Waals surface area contributed by atoms with Gasteiger partial charge in [-0.25, -0.2) is 69.4 Å². The highest BCUT2D eigenvalue weighted by Gasteiger charge is 2.42. The third kappa shape index (κ3) is 13.7. The van der Waals surface area contributed by atoms with E-state index in [1.807, 2.05) is 32.2 Å². The van der Waals surface area contributed by atoms with Crippen LogP contribution in [0.1, 0.15) is 109 Å². The van der Waals surface area contributed by atoms with Gasteiger partial charge in [-0.15, -0.1) is 0 Å². The van der Waals surface area contributed by atoms with Crippen LogP contribution in [-0.2, 0) is 88.2 Å². The lowest BCUT2D eigenvalue weighted by atomic mass is 9.96. The van der Waals surface area contributed by atoms with Crippen molar-refractivity contribution in [2.45, 2.75) is 123 Å². The highest BCUT2D eigenvalue weighted by atomic mass is 35.5. The fraction of sp³-hybridized carbons (Fsp3) is 0.500. The summed E-state index contributed by atoms with van der Waals surface area (Å²) in [5.74, 6) is 2.74. The van der Waals surface area contributed by atoms with Gasteiger partial charge in [0, 0.05) is 210 Å². The molecule has 9 aliphatic rings. The molecule has 15 rings (SSSR count). The first-order valence-electron chi connectivity index (χ1n) is 32.5. The van der Waals surface area contributed by atoms with Crippen LogP contribution >= 0.6 is 23.2 Å². The van der Waals surface area contributed by atoms with Gasteiger partial charge < -0.3 is 29.4 Å². The standard InChI is InChI=1S/C23H29ClN6O2S.C22H28N6O2S.C21H25ClN6O2S/c1-15-10-19-17(12-29(15)20-11-21(24)27-18-7-5-6-16(18)20)22(26-14-25-19)28-8-9-30(33(4,31)32)23(2,3)13-28;1-16-13-20-18(14-28(16)21-7-8-23-19-6-3-5-17(19)21)22(25-15-24-20)26-9-4-10-27(12-11-26)31(2,29)30;1-14-10-18-16(12-28(14)19-11-20(22)25-17-5-3-4-15(17)19)21(24-13-23-18)26-6-8-27(9-7-26)31(2,29)30/h5-6,11,14-15H,7-10,12-13H2,1-4H3;3,5,7-8,15-16H,4,6,9-14H2,1-2H3;3-4,11,13-14H,5-10,12H2,1-2H3/t15-;16-;14-/m111/s1. The van der Waals surface area contributed by atoms with E-state index in [1.165, 1.54) is 34.3 Å². The van der Waals surface area contributed by atoms with E-state index in [2.05, 4.69) is 138 Å². The van der Waals surface area contributed by atoms with Crippen LogP contribution in [-0.4, -0.2) is 197 Å². The Balaban J connectivity index is 0.000000129. The maximum atomic E-state index is 12.3. The molecule has 6 aromatic heterocycles. The molecule has 0 aromatic carbocycles. The summed E-state index contributed by atoms with van der Waals surface area (Å²) in [6, 6.07) is 6.83. The Morgan fingerprint density at radius 2 is 0.853 bits per heavy atom. The third-order valence-corrected chi connectivity index (χ3v) is 24.2. The molecule has 0 amide bonds. The molecule has 6 aromatic rings. The fourth-order valence-corrected chi connectivity index (χ4v) is 18.6. The summed E-state index contributed by atoms with van der Waals surface area (Å²) in [6.07, 6.45) is 29.3. The molecule has 3 saturated heterocycles. The molecule has 0 spiro atoms. The van der Waals surface area contributed by atoms with E-state index in [-0.39, 0.29) is 12.1 Å². The number of rotatable bonds is 9. The van der Waals surface area contributed by atoms with Crippen molar-refractivity contribution in [3.05, 3.63) is 139 Å². The first kappa shape index (κ1) is 66.6. The van der Waals surface area contributed by atoms with E-state index in [0.29, 0.717) is 94.9 Å². The van der Waals surface area contributed by atoms with Crippen molar-refractivity contribution in [2.24, 2.45) is 0 Å². The molecule has 3 fully saturated rings. The molecule has 24 nitrogen and oxygen atoms in total. The van der Waals surface area contributed by atoms with Crippen molar-refractivity contribution in [2.75, 3.05) is 120 Å². The molecule has 0 bridgehead atoms. The normalized spacial score (nSPS) is 21.8. The fourth-order valence-electron chi connectivity index (χ4n) is 15.1. The zero-order valence-electron chi connectivity index (χ0n) is 55.1. The molecule has 12 heterocycles. The van der Waals surface area contributed by atoms with Crippen LogP contribution in [0.2, 0.25) is 10.3 Å². The molecule has 3 atom stereocenters. The summed E-state index contributed by atoms with van der Waals surface area (Å²) < 4.78 is 77.0. The van der Waals surface area contributed by atoms with Gasteiger partial charge in [-0.1, -0.05) is 59.7 Å². The monoisotopic (exact) mass is 1390 g/mol. The quantitative estimate of drug-likeness (QED) is 0.134. The number of fused-ring (bicyclic) bond motifs is 6. The van der Waals surface area contributed by atoms with Crippen LogP contribution in [0.5, 0.6) is 0 Å². The maximum absolute atomic E-state index is 12.3. The lowest BCUT2D eigenvalue weighted by Gasteiger charge is -2.47. The predicted octanol–water partition coefficient (Wildman–Crippen LogP) is 6.90. The molecule has 3 aliphatic carbocycles. The molecule has 29 heteroatoms. The highest BCUT2D eigenvalue weighted by Crippen LogP contribution is 2.42. The van der Waals surface area contributed by atoms with Crippen molar-refractivity contribution in [3.8, 4) is 0 Å². The van der Waals surface area contributed by atoms with Crippen LogP contribution in [0.15, 0.2) is 61.6 Å². The summed E-state index contributed by atoms with van der Waals surface area (Å²) >= 11 is 12.7. The molecule has 0 unspecified atom stereocenters. The summed E-state index contributed by atoms with van der Waals surface area (Å²) in [7, 11) is -9.62. The minimum atomic E-state index is -3.28. The number of anilines is 6. The van der Waals surface area contributed by atoms with E-state index >= 15 is 0 Å². The van der Waals surface area contributed by atoms with Gasteiger partial charge in [-0.2, -0.15) is 8.61 Å². The van der Waals surface area contributed by atoms with Gasteiger partial charge in [-0.3, -0.25) is 4.98 Å². The number of sulfonamides is 3. The van der Waals surface area contributed by atoms with Gasteiger partial charge in [0.1, 0.15) is 46.7 Å². The zero-order chi connectivity index (χ0) is 66.9. The Kier molecular flexibility index (Phi) is 18.6. The number of nitrogens with zero attached hydrogens (tertiary/aromatic N) is 18. The van der Waals surface area contributed by atoms with E-state index in [9.17, 15) is 25.3 Å². The summed E-state index contributed by atoms with van der Waals surface area (Å²) in [4.78, 5) is 55.1. The van der Waals surface area contributed by atoms with Crippen LogP contribution in [0.3, 0.4) is 0 Å². The number of allylic oxidation sites excluding steroid dienone is 3. The lowest BCUT2D eigenvalue weighted by molar-refractivity contribution is 0.205. The first-order chi connectivity index (χ1) is 45.3. The number of aromatic nitrogens is 9. The van der Waals surface area contributed by atoms with Gasteiger partial charge >= 0.3 is 0 Å². The van der Waals surface area contributed by atoms with Crippen molar-refractivity contribution in [3.63, 3.8) is 0 Å². The average Bonchev–Trinajstić information content (AvgIpc) is 1.39. The highest BCUT2D eigenvalue weighted by molar-refractivity contribution is 7.88. The molecule has 0 saturated carbocycles. The minimum absolute atomic E-state index is 0.246. The first-order valence-corrected chi connectivity index (χ1v) is 38.8. The van der Waals surface area contributed by atoms with E-state index in [0.717, 1.165) is 149 Å². The summed E-state index contributed by atoms with van der Waals surface area (Å²) in [5.41, 5.74) is 16.1. The second-order valence-corrected chi connectivity index (χ2v) is 33.4. The van der Waals surface area contributed by atoms with Gasteiger partial charge in [0.15, 0.2) is 0 Å². The van der Waals surface area contributed by atoms with Crippen LogP contribution in [0.4, 0.5) is 34.5 Å². The molecular weight excluding hydrogens is 1310 g/mol. The number of hydrogen-bond acceptors (Lipinski definition) is 21. The van der Waals surface area contributed by atoms with Crippen LogP contribution in [0.25, 0.3) is 18.2 Å². The molecule has 95 heavy (non-hydrogen) atoms. The number of halogens is 2. The van der Waals surface area contributed by atoms with Gasteiger partial charge in [0.2, 0.25) is 30.1 Å². The van der Waals surface area contributed by atoms with Gasteiger partial charge in [0.05, 0.1) is 52.9 Å². The van der Waals surface area contributed by atoms with E-state index in [4.69, 9.17) is 23.2 Å². The summed E-state index contributed by atoms with van der Waals surface area (Å²) in [6.45, 7) is 18.9.